The molecule has 5 heteroatoms. The summed E-state index contributed by atoms with van der Waals surface area (Å²) in [5.74, 6) is 0.152. The Morgan fingerprint density at radius 3 is 2.35 bits per heavy atom. The van der Waals surface area contributed by atoms with Crippen molar-refractivity contribution in [1.82, 2.24) is 9.80 Å². The van der Waals surface area contributed by atoms with E-state index in [2.05, 4.69) is 0 Å². The van der Waals surface area contributed by atoms with Gasteiger partial charge in [-0.05, 0) is 19.8 Å². The summed E-state index contributed by atoms with van der Waals surface area (Å²) in [6, 6.07) is 0. The largest absolute Gasteiger partial charge is 0.393 e. The van der Waals surface area contributed by atoms with Crippen LogP contribution in [0.25, 0.3) is 0 Å². The summed E-state index contributed by atoms with van der Waals surface area (Å²) in [5, 5.41) is 9.15. The van der Waals surface area contributed by atoms with Crippen LogP contribution >= 0.6 is 0 Å². The van der Waals surface area contributed by atoms with Crippen molar-refractivity contribution in [1.29, 1.82) is 0 Å². The highest BCUT2D eigenvalue weighted by Gasteiger charge is 2.20. The summed E-state index contributed by atoms with van der Waals surface area (Å²) in [6.45, 7) is 5.92. The van der Waals surface area contributed by atoms with Crippen LogP contribution in [-0.2, 0) is 9.59 Å². The molecule has 0 spiro atoms. The Labute approximate surface area is 102 Å². The van der Waals surface area contributed by atoms with Gasteiger partial charge in [-0.15, -0.1) is 0 Å². The first-order valence-corrected chi connectivity index (χ1v) is 6.22. The smallest absolute Gasteiger partial charge is 0.222 e. The Balaban J connectivity index is 2.40. The van der Waals surface area contributed by atoms with Crippen molar-refractivity contribution in [3.63, 3.8) is 0 Å². The number of aliphatic hydroxyl groups is 1. The third kappa shape index (κ3) is 4.73. The average molecular weight is 242 g/mol. The van der Waals surface area contributed by atoms with Crippen LogP contribution in [-0.4, -0.2) is 59.0 Å². The fourth-order valence-corrected chi connectivity index (χ4v) is 1.97. The topological polar surface area (TPSA) is 60.9 Å². The zero-order valence-corrected chi connectivity index (χ0v) is 10.7. The quantitative estimate of drug-likeness (QED) is 0.770. The number of rotatable bonds is 3. The number of hydrogen-bond donors (Lipinski definition) is 1. The van der Waals surface area contributed by atoms with Crippen molar-refractivity contribution in [2.24, 2.45) is 0 Å². The van der Waals surface area contributed by atoms with Gasteiger partial charge in [-0.3, -0.25) is 9.59 Å². The first-order chi connectivity index (χ1) is 8.00. The Morgan fingerprint density at radius 1 is 1.18 bits per heavy atom. The third-order valence-corrected chi connectivity index (χ3v) is 3.07. The zero-order chi connectivity index (χ0) is 12.8. The van der Waals surface area contributed by atoms with Crippen LogP contribution in [0.15, 0.2) is 0 Å². The Kier molecular flexibility index (Phi) is 5.41. The van der Waals surface area contributed by atoms with Crippen LogP contribution < -0.4 is 0 Å². The summed E-state index contributed by atoms with van der Waals surface area (Å²) in [6.07, 6.45) is 1.29. The maximum atomic E-state index is 11.8. The minimum absolute atomic E-state index is 0.0725. The minimum atomic E-state index is -0.431. The molecule has 0 aliphatic carbocycles. The van der Waals surface area contributed by atoms with Gasteiger partial charge in [0.1, 0.15) is 0 Å². The van der Waals surface area contributed by atoms with Crippen LogP contribution in [0.5, 0.6) is 0 Å². The fourth-order valence-electron chi connectivity index (χ4n) is 1.97. The lowest BCUT2D eigenvalue weighted by atomic mass is 10.2. The molecule has 1 atom stereocenters. The Morgan fingerprint density at radius 2 is 1.76 bits per heavy atom. The lowest BCUT2D eigenvalue weighted by Crippen LogP contribution is -2.36. The predicted molar refractivity (Wildman–Crippen MR) is 64.4 cm³/mol. The molecule has 17 heavy (non-hydrogen) atoms. The highest BCUT2D eigenvalue weighted by atomic mass is 16.3. The van der Waals surface area contributed by atoms with Gasteiger partial charge in [-0.25, -0.2) is 0 Å². The van der Waals surface area contributed by atoms with Crippen molar-refractivity contribution in [2.45, 2.75) is 39.2 Å². The molecule has 0 aromatic rings. The maximum Gasteiger partial charge on any atom is 0.222 e. The van der Waals surface area contributed by atoms with E-state index in [0.717, 1.165) is 13.0 Å². The average Bonchev–Trinajstić information content (AvgIpc) is 2.51. The van der Waals surface area contributed by atoms with E-state index in [1.807, 2.05) is 0 Å². The monoisotopic (exact) mass is 242 g/mol. The van der Waals surface area contributed by atoms with E-state index in [9.17, 15) is 9.59 Å². The molecule has 1 fully saturated rings. The lowest BCUT2D eigenvalue weighted by Gasteiger charge is -2.21. The number of hydrogen-bond acceptors (Lipinski definition) is 3. The maximum absolute atomic E-state index is 11.8. The van der Waals surface area contributed by atoms with Crippen LogP contribution in [0.2, 0.25) is 0 Å². The molecule has 0 saturated carbocycles. The van der Waals surface area contributed by atoms with Crippen molar-refractivity contribution in [2.75, 3.05) is 26.2 Å². The SMILES string of the molecule is CC(=O)N1CCCN(C(=O)CCC(C)O)CC1. The number of carbonyl (C=O) groups is 2. The molecule has 98 valence electrons. The highest BCUT2D eigenvalue weighted by molar-refractivity contribution is 5.76. The number of amides is 2. The standard InChI is InChI=1S/C12H22N2O3/c1-10(15)4-5-12(17)14-7-3-6-13(8-9-14)11(2)16/h10,15H,3-9H2,1-2H3. The molecule has 1 aliphatic rings. The molecular weight excluding hydrogens is 220 g/mol. The minimum Gasteiger partial charge on any atom is -0.393 e. The molecule has 2 amide bonds. The molecule has 1 aliphatic heterocycles. The summed E-state index contributed by atoms with van der Waals surface area (Å²) in [5.41, 5.74) is 0. The summed E-state index contributed by atoms with van der Waals surface area (Å²) >= 11 is 0. The van der Waals surface area contributed by atoms with Gasteiger partial charge in [0.05, 0.1) is 6.10 Å². The van der Waals surface area contributed by atoms with E-state index in [1.54, 1.807) is 23.6 Å². The van der Waals surface area contributed by atoms with Gasteiger partial charge in [0, 0.05) is 39.5 Å². The van der Waals surface area contributed by atoms with E-state index in [-0.39, 0.29) is 11.8 Å². The van der Waals surface area contributed by atoms with Gasteiger partial charge in [-0.1, -0.05) is 0 Å². The molecule has 0 radical (unpaired) electrons. The summed E-state index contributed by atoms with van der Waals surface area (Å²) in [7, 11) is 0. The van der Waals surface area contributed by atoms with Gasteiger partial charge in [0.15, 0.2) is 0 Å². The molecule has 1 saturated heterocycles. The van der Waals surface area contributed by atoms with E-state index in [0.29, 0.717) is 32.5 Å². The Hall–Kier alpha value is -1.10. The van der Waals surface area contributed by atoms with Gasteiger partial charge < -0.3 is 14.9 Å². The van der Waals surface area contributed by atoms with Gasteiger partial charge in [-0.2, -0.15) is 0 Å². The molecule has 1 N–H and O–H groups in total. The van der Waals surface area contributed by atoms with E-state index in [1.165, 1.54) is 0 Å². The van der Waals surface area contributed by atoms with E-state index < -0.39 is 6.10 Å². The molecule has 0 bridgehead atoms. The normalized spacial score (nSPS) is 18.8. The second-order valence-electron chi connectivity index (χ2n) is 4.63. The number of aliphatic hydroxyl groups excluding tert-OH is 1. The number of carbonyl (C=O) groups excluding carboxylic acids is 2. The molecule has 1 unspecified atom stereocenters. The fraction of sp³-hybridized carbons (Fsp3) is 0.833. The first kappa shape index (κ1) is 14.0. The molecule has 1 heterocycles. The summed E-state index contributed by atoms with van der Waals surface area (Å²) in [4.78, 5) is 26.7. The van der Waals surface area contributed by atoms with Gasteiger partial charge >= 0.3 is 0 Å². The van der Waals surface area contributed by atoms with Gasteiger partial charge in [0.25, 0.3) is 0 Å². The van der Waals surface area contributed by atoms with Crippen LogP contribution in [0.4, 0.5) is 0 Å². The first-order valence-electron chi connectivity index (χ1n) is 6.22. The Bertz CT molecular complexity index is 279. The molecule has 1 rings (SSSR count). The van der Waals surface area contributed by atoms with E-state index in [4.69, 9.17) is 5.11 Å². The molecule has 0 aromatic carbocycles. The third-order valence-electron chi connectivity index (χ3n) is 3.07. The second kappa shape index (κ2) is 6.59. The van der Waals surface area contributed by atoms with Crippen LogP contribution in [0.3, 0.4) is 0 Å². The van der Waals surface area contributed by atoms with Gasteiger partial charge in [0.2, 0.25) is 11.8 Å². The number of nitrogens with zero attached hydrogens (tertiary/aromatic N) is 2. The van der Waals surface area contributed by atoms with Crippen molar-refractivity contribution in [3.05, 3.63) is 0 Å². The molecular formula is C12H22N2O3. The van der Waals surface area contributed by atoms with Crippen molar-refractivity contribution < 1.29 is 14.7 Å². The second-order valence-corrected chi connectivity index (χ2v) is 4.63. The van der Waals surface area contributed by atoms with E-state index >= 15 is 0 Å². The lowest BCUT2D eigenvalue weighted by molar-refractivity contribution is -0.133. The molecule has 5 nitrogen and oxygen atoms in total. The zero-order valence-electron chi connectivity index (χ0n) is 10.7. The van der Waals surface area contributed by atoms with Crippen molar-refractivity contribution in [3.8, 4) is 0 Å². The highest BCUT2D eigenvalue weighted by Crippen LogP contribution is 2.07. The van der Waals surface area contributed by atoms with Crippen LogP contribution in [0, 0.1) is 0 Å². The van der Waals surface area contributed by atoms with Crippen LogP contribution in [0.1, 0.15) is 33.1 Å². The molecule has 0 aromatic heterocycles. The predicted octanol–water partition coefficient (Wildman–Crippen LogP) is 0.228. The van der Waals surface area contributed by atoms with Crippen molar-refractivity contribution >= 4 is 11.8 Å². The summed E-state index contributed by atoms with van der Waals surface area (Å²) < 4.78 is 0.